The Hall–Kier alpha value is -1.30. The zero-order chi connectivity index (χ0) is 14.5. The van der Waals surface area contributed by atoms with Gasteiger partial charge in [0.2, 0.25) is 0 Å². The molecular formula is C14H18F2N2OS. The number of nitrogens with zero attached hydrogens (tertiary/aromatic N) is 1. The maximum Gasteiger partial charge on any atom is 0.321 e. The van der Waals surface area contributed by atoms with Crippen molar-refractivity contribution in [2.75, 3.05) is 18.4 Å². The van der Waals surface area contributed by atoms with E-state index >= 15 is 0 Å². The van der Waals surface area contributed by atoms with Crippen molar-refractivity contribution in [3.05, 3.63) is 24.3 Å². The van der Waals surface area contributed by atoms with Gasteiger partial charge in [-0.1, -0.05) is 18.7 Å². The SMILES string of the molecule is CC1CCCN(C(=O)Nc2ccc(SC(F)F)cc2)C1. The van der Waals surface area contributed by atoms with E-state index in [9.17, 15) is 13.6 Å². The minimum absolute atomic E-state index is 0.120. The lowest BCUT2D eigenvalue weighted by atomic mass is 10.0. The maximum absolute atomic E-state index is 12.2. The summed E-state index contributed by atoms with van der Waals surface area (Å²) >= 11 is 0.498. The van der Waals surface area contributed by atoms with E-state index in [1.807, 2.05) is 0 Å². The van der Waals surface area contributed by atoms with Crippen LogP contribution >= 0.6 is 11.8 Å². The van der Waals surface area contributed by atoms with Crippen LogP contribution in [0.1, 0.15) is 19.8 Å². The first-order chi connectivity index (χ1) is 9.54. The van der Waals surface area contributed by atoms with Crippen molar-refractivity contribution in [2.45, 2.75) is 30.4 Å². The van der Waals surface area contributed by atoms with Gasteiger partial charge in [-0.2, -0.15) is 8.78 Å². The Kier molecular flexibility index (Phi) is 5.23. The first kappa shape index (κ1) is 15.1. The van der Waals surface area contributed by atoms with Gasteiger partial charge in [0.05, 0.1) is 0 Å². The number of thioether (sulfide) groups is 1. The second-order valence-corrected chi connectivity index (χ2v) is 6.09. The number of hydrogen-bond donors (Lipinski definition) is 1. The first-order valence-corrected chi connectivity index (χ1v) is 7.53. The largest absolute Gasteiger partial charge is 0.324 e. The molecule has 0 aliphatic carbocycles. The molecule has 1 atom stereocenters. The highest BCUT2D eigenvalue weighted by molar-refractivity contribution is 7.99. The van der Waals surface area contributed by atoms with Gasteiger partial charge in [0.1, 0.15) is 0 Å². The zero-order valence-corrected chi connectivity index (χ0v) is 12.1. The van der Waals surface area contributed by atoms with Gasteiger partial charge < -0.3 is 10.2 Å². The minimum Gasteiger partial charge on any atom is -0.324 e. The molecule has 1 aliphatic heterocycles. The lowest BCUT2D eigenvalue weighted by Gasteiger charge is -2.30. The second-order valence-electron chi connectivity index (χ2n) is 5.03. The number of benzene rings is 1. The molecule has 1 aliphatic rings. The molecule has 0 saturated carbocycles. The summed E-state index contributed by atoms with van der Waals surface area (Å²) in [5.74, 6) is -1.90. The number of rotatable bonds is 3. The van der Waals surface area contributed by atoms with Crippen molar-refractivity contribution >= 4 is 23.5 Å². The summed E-state index contributed by atoms with van der Waals surface area (Å²) in [6.07, 6.45) is 2.18. The summed E-state index contributed by atoms with van der Waals surface area (Å²) in [7, 11) is 0. The number of alkyl halides is 2. The molecule has 1 unspecified atom stereocenters. The van der Waals surface area contributed by atoms with Crippen LogP contribution in [-0.2, 0) is 0 Å². The van der Waals surface area contributed by atoms with Crippen LogP contribution in [0.5, 0.6) is 0 Å². The molecule has 1 aromatic carbocycles. The van der Waals surface area contributed by atoms with E-state index in [-0.39, 0.29) is 6.03 Å². The lowest BCUT2D eigenvalue weighted by Crippen LogP contribution is -2.41. The third kappa shape index (κ3) is 4.37. The molecule has 0 aromatic heterocycles. The van der Waals surface area contributed by atoms with Crippen molar-refractivity contribution in [1.29, 1.82) is 0 Å². The van der Waals surface area contributed by atoms with Crippen LogP contribution in [0.15, 0.2) is 29.2 Å². The Morgan fingerprint density at radius 1 is 1.40 bits per heavy atom. The van der Waals surface area contributed by atoms with Crippen LogP contribution in [0.25, 0.3) is 0 Å². The van der Waals surface area contributed by atoms with Crippen molar-refractivity contribution in [1.82, 2.24) is 4.90 Å². The summed E-state index contributed by atoms with van der Waals surface area (Å²) in [5, 5.41) is 2.80. The van der Waals surface area contributed by atoms with E-state index in [0.29, 0.717) is 28.3 Å². The highest BCUT2D eigenvalue weighted by Crippen LogP contribution is 2.26. The van der Waals surface area contributed by atoms with Gasteiger partial charge in [0, 0.05) is 23.7 Å². The number of piperidine rings is 1. The fourth-order valence-corrected chi connectivity index (χ4v) is 2.80. The van der Waals surface area contributed by atoms with Crippen LogP contribution in [0, 0.1) is 5.92 Å². The number of halogens is 2. The predicted octanol–water partition coefficient (Wildman–Crippen LogP) is 4.27. The van der Waals surface area contributed by atoms with Crippen LogP contribution < -0.4 is 5.32 Å². The third-order valence-corrected chi connectivity index (χ3v) is 4.00. The number of nitrogens with one attached hydrogen (secondary N) is 1. The zero-order valence-electron chi connectivity index (χ0n) is 11.3. The number of carbonyl (C=O) groups excluding carboxylic acids is 1. The molecule has 0 bridgehead atoms. The Morgan fingerprint density at radius 3 is 2.70 bits per heavy atom. The predicted molar refractivity (Wildman–Crippen MR) is 77.3 cm³/mol. The Balaban J connectivity index is 1.90. The summed E-state index contributed by atoms with van der Waals surface area (Å²) < 4.78 is 24.4. The fourth-order valence-electron chi connectivity index (χ4n) is 2.30. The van der Waals surface area contributed by atoms with Crippen LogP contribution in [0.2, 0.25) is 0 Å². The normalized spacial score (nSPS) is 19.2. The highest BCUT2D eigenvalue weighted by Gasteiger charge is 2.20. The topological polar surface area (TPSA) is 32.3 Å². The molecule has 1 heterocycles. The summed E-state index contributed by atoms with van der Waals surface area (Å²) in [4.78, 5) is 14.4. The molecule has 110 valence electrons. The molecule has 1 N–H and O–H groups in total. The number of anilines is 1. The third-order valence-electron chi connectivity index (χ3n) is 3.27. The fraction of sp³-hybridized carbons (Fsp3) is 0.500. The van der Waals surface area contributed by atoms with Crippen LogP contribution in [0.3, 0.4) is 0 Å². The average molecular weight is 300 g/mol. The monoisotopic (exact) mass is 300 g/mol. The van der Waals surface area contributed by atoms with Crippen LogP contribution in [-0.4, -0.2) is 29.8 Å². The Morgan fingerprint density at radius 2 is 2.10 bits per heavy atom. The van der Waals surface area contributed by atoms with E-state index in [1.54, 1.807) is 29.2 Å². The molecule has 3 nitrogen and oxygen atoms in total. The highest BCUT2D eigenvalue weighted by atomic mass is 32.2. The number of likely N-dealkylation sites (tertiary alicyclic amines) is 1. The van der Waals surface area contributed by atoms with Crippen molar-refractivity contribution < 1.29 is 13.6 Å². The van der Waals surface area contributed by atoms with E-state index in [1.165, 1.54) is 0 Å². The molecule has 0 radical (unpaired) electrons. The molecular weight excluding hydrogens is 282 g/mol. The number of urea groups is 1. The molecule has 6 heteroatoms. The van der Waals surface area contributed by atoms with Crippen molar-refractivity contribution in [2.24, 2.45) is 5.92 Å². The summed E-state index contributed by atoms with van der Waals surface area (Å²) in [5.41, 5.74) is 0.631. The Labute approximate surface area is 121 Å². The molecule has 2 amide bonds. The standard InChI is InChI=1S/C14H18F2N2OS/c1-10-3-2-8-18(9-10)14(19)17-11-4-6-12(7-5-11)20-13(15)16/h4-7,10,13H,2-3,8-9H2,1H3,(H,17,19). The molecule has 20 heavy (non-hydrogen) atoms. The Bertz CT molecular complexity index is 453. The van der Waals surface area contributed by atoms with Gasteiger partial charge in [-0.05, 0) is 43.0 Å². The number of amides is 2. The van der Waals surface area contributed by atoms with Crippen LogP contribution in [0.4, 0.5) is 19.3 Å². The number of carbonyl (C=O) groups is 1. The van der Waals surface area contributed by atoms with Gasteiger partial charge in [-0.3, -0.25) is 0 Å². The van der Waals surface area contributed by atoms with Gasteiger partial charge in [-0.15, -0.1) is 0 Å². The van der Waals surface area contributed by atoms with Gasteiger partial charge in [-0.25, -0.2) is 4.79 Å². The quantitative estimate of drug-likeness (QED) is 0.846. The van der Waals surface area contributed by atoms with E-state index in [2.05, 4.69) is 12.2 Å². The summed E-state index contributed by atoms with van der Waals surface area (Å²) in [6.45, 7) is 3.68. The van der Waals surface area contributed by atoms with Crippen molar-refractivity contribution in [3.8, 4) is 0 Å². The second kappa shape index (κ2) is 6.92. The molecule has 2 rings (SSSR count). The van der Waals surface area contributed by atoms with E-state index in [0.717, 1.165) is 25.9 Å². The minimum atomic E-state index is -2.43. The smallest absolute Gasteiger partial charge is 0.321 e. The van der Waals surface area contributed by atoms with E-state index in [4.69, 9.17) is 0 Å². The molecule has 0 spiro atoms. The summed E-state index contributed by atoms with van der Waals surface area (Å²) in [6, 6.07) is 6.36. The van der Waals surface area contributed by atoms with Gasteiger partial charge >= 0.3 is 6.03 Å². The first-order valence-electron chi connectivity index (χ1n) is 6.65. The van der Waals surface area contributed by atoms with Gasteiger partial charge in [0.25, 0.3) is 5.76 Å². The lowest BCUT2D eigenvalue weighted by molar-refractivity contribution is 0.182. The maximum atomic E-state index is 12.2. The van der Waals surface area contributed by atoms with E-state index < -0.39 is 5.76 Å². The molecule has 1 aromatic rings. The van der Waals surface area contributed by atoms with Crippen molar-refractivity contribution in [3.63, 3.8) is 0 Å². The average Bonchev–Trinajstić information content (AvgIpc) is 2.40. The molecule has 1 fully saturated rings. The van der Waals surface area contributed by atoms with Gasteiger partial charge in [0.15, 0.2) is 0 Å². The molecule has 1 saturated heterocycles. The number of hydrogen-bond acceptors (Lipinski definition) is 2.